The smallest absolute Gasteiger partial charge is 0.207 e. The zero-order valence-corrected chi connectivity index (χ0v) is 13.4. The van der Waals surface area contributed by atoms with E-state index in [2.05, 4.69) is 21.0 Å². The number of Topliss-reactive ketones (excluding diaryl/α,β-unsaturated/α-hetero) is 1. The fraction of sp³-hybridized carbons (Fsp3) is 0.176. The molecule has 0 aromatic heterocycles. The molecule has 0 saturated heterocycles. The summed E-state index contributed by atoms with van der Waals surface area (Å²) in [6, 6.07) is 15.3. The van der Waals surface area contributed by atoms with E-state index in [0.29, 0.717) is 11.3 Å². The van der Waals surface area contributed by atoms with Crippen molar-refractivity contribution in [1.29, 1.82) is 0 Å². The van der Waals surface area contributed by atoms with Crippen LogP contribution < -0.4 is 9.75 Å². The number of carbonyl (C=O) groups excluding carboxylic acids is 1. The molecular weight excluding hydrogens is 344 g/mol. The van der Waals surface area contributed by atoms with Gasteiger partial charge in [0.05, 0.1) is 17.0 Å². The Kier molecular flexibility index (Phi) is 3.04. The van der Waals surface area contributed by atoms with E-state index in [-0.39, 0.29) is 11.7 Å². The highest BCUT2D eigenvalue weighted by atomic mass is 79.9. The van der Waals surface area contributed by atoms with E-state index >= 15 is 0 Å². The van der Waals surface area contributed by atoms with E-state index in [1.807, 2.05) is 55.5 Å². The molecule has 4 nitrogen and oxygen atoms in total. The van der Waals surface area contributed by atoms with Crippen molar-refractivity contribution in [1.82, 2.24) is 0 Å². The fourth-order valence-electron chi connectivity index (χ4n) is 2.95. The Morgan fingerprint density at radius 2 is 1.95 bits per heavy atom. The SMILES string of the molecule is CC1=NN(c2ccccc2)C2Oc3ccc(Br)cc3C(=O)C12. The molecule has 0 fully saturated rings. The highest BCUT2D eigenvalue weighted by Gasteiger charge is 2.46. The van der Waals surface area contributed by atoms with E-state index in [4.69, 9.17) is 4.74 Å². The summed E-state index contributed by atoms with van der Waals surface area (Å²) < 4.78 is 6.96. The van der Waals surface area contributed by atoms with Crippen molar-refractivity contribution >= 4 is 33.1 Å². The molecule has 2 aliphatic rings. The minimum atomic E-state index is -0.413. The molecule has 5 heteroatoms. The van der Waals surface area contributed by atoms with Gasteiger partial charge in [-0.2, -0.15) is 5.10 Å². The van der Waals surface area contributed by atoms with Crippen molar-refractivity contribution in [2.45, 2.75) is 13.2 Å². The lowest BCUT2D eigenvalue weighted by Crippen LogP contribution is -2.45. The molecule has 2 heterocycles. The van der Waals surface area contributed by atoms with Gasteiger partial charge < -0.3 is 4.74 Å². The number of hydrogen-bond donors (Lipinski definition) is 0. The van der Waals surface area contributed by atoms with Gasteiger partial charge in [-0.3, -0.25) is 4.79 Å². The Hall–Kier alpha value is -2.14. The maximum atomic E-state index is 12.8. The van der Waals surface area contributed by atoms with Crippen molar-refractivity contribution in [2.24, 2.45) is 11.0 Å². The molecule has 2 unspecified atom stereocenters. The van der Waals surface area contributed by atoms with Crippen LogP contribution in [0.15, 0.2) is 58.1 Å². The predicted molar refractivity (Wildman–Crippen MR) is 88.4 cm³/mol. The number of halogens is 1. The zero-order chi connectivity index (χ0) is 15.3. The number of carbonyl (C=O) groups is 1. The average molecular weight is 357 g/mol. The summed E-state index contributed by atoms with van der Waals surface area (Å²) in [6.45, 7) is 1.88. The number of rotatable bonds is 1. The first kappa shape index (κ1) is 13.5. The van der Waals surface area contributed by atoms with Crippen LogP contribution in [0, 0.1) is 5.92 Å². The highest BCUT2D eigenvalue weighted by molar-refractivity contribution is 9.10. The molecule has 4 rings (SSSR count). The molecule has 0 amide bonds. The third-order valence-electron chi connectivity index (χ3n) is 4.00. The molecule has 0 spiro atoms. The van der Waals surface area contributed by atoms with Crippen LogP contribution in [0.2, 0.25) is 0 Å². The number of para-hydroxylation sites is 1. The largest absolute Gasteiger partial charge is 0.467 e. The lowest BCUT2D eigenvalue weighted by atomic mass is 9.90. The third-order valence-corrected chi connectivity index (χ3v) is 4.49. The van der Waals surface area contributed by atoms with Gasteiger partial charge in [0.25, 0.3) is 0 Å². The van der Waals surface area contributed by atoms with Gasteiger partial charge in [0.2, 0.25) is 6.23 Å². The Bertz CT molecular complexity index is 789. The summed E-state index contributed by atoms with van der Waals surface area (Å²) in [5.41, 5.74) is 2.31. The van der Waals surface area contributed by atoms with Crippen molar-refractivity contribution in [2.75, 3.05) is 5.01 Å². The molecular formula is C17H13BrN2O2. The summed E-state index contributed by atoms with van der Waals surface area (Å²) in [4.78, 5) is 12.8. The molecule has 0 aliphatic carbocycles. The first-order valence-electron chi connectivity index (χ1n) is 7.05. The molecule has 0 N–H and O–H groups in total. The molecule has 2 aromatic rings. The Balaban J connectivity index is 1.79. The summed E-state index contributed by atoms with van der Waals surface area (Å²) in [5, 5.41) is 6.35. The summed E-state index contributed by atoms with van der Waals surface area (Å²) in [7, 11) is 0. The van der Waals surface area contributed by atoms with Gasteiger partial charge in [-0.05, 0) is 37.3 Å². The van der Waals surface area contributed by atoms with Crippen LogP contribution in [0.3, 0.4) is 0 Å². The number of hydrazone groups is 1. The van der Waals surface area contributed by atoms with Gasteiger partial charge in [-0.1, -0.05) is 34.1 Å². The standard InChI is InChI=1S/C17H13BrN2O2/c1-10-15-16(21)13-9-11(18)7-8-14(13)22-17(15)20(19-10)12-5-3-2-4-6-12/h2-9,15,17H,1H3. The molecule has 0 saturated carbocycles. The average Bonchev–Trinajstić information content (AvgIpc) is 2.86. The van der Waals surface area contributed by atoms with Gasteiger partial charge in [0.15, 0.2) is 5.78 Å². The van der Waals surface area contributed by atoms with Crippen LogP contribution >= 0.6 is 15.9 Å². The first-order chi connectivity index (χ1) is 10.6. The number of ether oxygens (including phenoxy) is 1. The Morgan fingerprint density at radius 1 is 1.18 bits per heavy atom. The van der Waals surface area contributed by atoms with E-state index in [0.717, 1.165) is 15.9 Å². The van der Waals surface area contributed by atoms with Gasteiger partial charge in [0, 0.05) is 4.47 Å². The van der Waals surface area contributed by atoms with Crippen LogP contribution in [0.5, 0.6) is 5.75 Å². The van der Waals surface area contributed by atoms with Gasteiger partial charge in [-0.25, -0.2) is 5.01 Å². The summed E-state index contributed by atoms with van der Waals surface area (Å²) in [6.07, 6.45) is -0.413. The Morgan fingerprint density at radius 3 is 2.73 bits per heavy atom. The lowest BCUT2D eigenvalue weighted by Gasteiger charge is -2.32. The second kappa shape index (κ2) is 4.95. The number of anilines is 1. The number of benzene rings is 2. The Labute approximate surface area is 136 Å². The second-order valence-corrected chi connectivity index (χ2v) is 6.33. The van der Waals surface area contributed by atoms with Gasteiger partial charge in [-0.15, -0.1) is 0 Å². The molecule has 2 aliphatic heterocycles. The van der Waals surface area contributed by atoms with E-state index in [9.17, 15) is 4.79 Å². The second-order valence-electron chi connectivity index (χ2n) is 5.41. The van der Waals surface area contributed by atoms with Crippen LogP contribution in [0.4, 0.5) is 5.69 Å². The molecule has 2 aromatic carbocycles. The lowest BCUT2D eigenvalue weighted by molar-refractivity contribution is 0.0786. The minimum Gasteiger partial charge on any atom is -0.467 e. The summed E-state index contributed by atoms with van der Waals surface area (Å²) in [5.74, 6) is 0.314. The molecule has 2 atom stereocenters. The normalized spacial score (nSPS) is 22.7. The molecule has 22 heavy (non-hydrogen) atoms. The first-order valence-corrected chi connectivity index (χ1v) is 7.84. The maximum Gasteiger partial charge on any atom is 0.207 e. The fourth-order valence-corrected chi connectivity index (χ4v) is 3.32. The third kappa shape index (κ3) is 1.96. The van der Waals surface area contributed by atoms with Gasteiger partial charge in [0.1, 0.15) is 11.7 Å². The molecule has 110 valence electrons. The highest BCUT2D eigenvalue weighted by Crippen LogP contribution is 2.39. The van der Waals surface area contributed by atoms with Crippen LogP contribution in [-0.4, -0.2) is 17.7 Å². The van der Waals surface area contributed by atoms with E-state index in [1.165, 1.54) is 0 Å². The molecule has 0 bridgehead atoms. The van der Waals surface area contributed by atoms with Crippen molar-refractivity contribution in [3.63, 3.8) is 0 Å². The number of hydrogen-bond acceptors (Lipinski definition) is 4. The van der Waals surface area contributed by atoms with Crippen molar-refractivity contribution < 1.29 is 9.53 Å². The van der Waals surface area contributed by atoms with E-state index < -0.39 is 6.23 Å². The number of fused-ring (bicyclic) bond motifs is 2. The zero-order valence-electron chi connectivity index (χ0n) is 11.9. The van der Waals surface area contributed by atoms with E-state index in [1.54, 1.807) is 5.01 Å². The number of ketones is 1. The quantitative estimate of drug-likeness (QED) is 0.778. The predicted octanol–water partition coefficient (Wildman–Crippen LogP) is 3.86. The van der Waals surface area contributed by atoms with Crippen LogP contribution in [0.1, 0.15) is 17.3 Å². The maximum absolute atomic E-state index is 12.8. The molecule has 0 radical (unpaired) electrons. The number of nitrogens with zero attached hydrogens (tertiary/aromatic N) is 2. The van der Waals surface area contributed by atoms with Crippen molar-refractivity contribution in [3.05, 3.63) is 58.6 Å². The van der Waals surface area contributed by atoms with Gasteiger partial charge >= 0.3 is 0 Å². The summed E-state index contributed by atoms with van der Waals surface area (Å²) >= 11 is 3.41. The van der Waals surface area contributed by atoms with Crippen molar-refractivity contribution in [3.8, 4) is 5.75 Å². The van der Waals surface area contributed by atoms with Crippen LogP contribution in [0.25, 0.3) is 0 Å². The topological polar surface area (TPSA) is 41.9 Å². The van der Waals surface area contributed by atoms with Crippen LogP contribution in [-0.2, 0) is 0 Å². The monoisotopic (exact) mass is 356 g/mol. The minimum absolute atomic E-state index is 0.0623.